The third-order valence-electron chi connectivity index (χ3n) is 3.34. The number of aromatic nitrogens is 2. The molecule has 2 N–H and O–H groups in total. The number of benzene rings is 1. The average Bonchev–Trinajstić information content (AvgIpc) is 2.71. The molecule has 0 amide bonds. The summed E-state index contributed by atoms with van der Waals surface area (Å²) in [6.07, 6.45) is 4.18. The fraction of sp³-hybridized carbons (Fsp3) is 0.308. The van der Waals surface area contributed by atoms with Gasteiger partial charge in [-0.05, 0) is 37.8 Å². The first-order chi connectivity index (χ1) is 8.66. The summed E-state index contributed by atoms with van der Waals surface area (Å²) in [7, 11) is 0. The van der Waals surface area contributed by atoms with Gasteiger partial charge < -0.3 is 5.73 Å². The molecule has 2 aromatic rings. The van der Waals surface area contributed by atoms with E-state index >= 15 is 0 Å². The van der Waals surface area contributed by atoms with Gasteiger partial charge >= 0.3 is 0 Å². The highest BCUT2D eigenvalue weighted by Crippen LogP contribution is 2.28. The molecule has 94 valence electrons. The van der Waals surface area contributed by atoms with Crippen molar-refractivity contribution in [3.63, 3.8) is 0 Å². The van der Waals surface area contributed by atoms with Gasteiger partial charge in [0.25, 0.3) is 0 Å². The fourth-order valence-electron chi connectivity index (χ4n) is 2.39. The molecule has 1 aliphatic carbocycles. The van der Waals surface area contributed by atoms with Gasteiger partial charge in [-0.15, -0.1) is 0 Å². The fourth-order valence-corrected chi connectivity index (χ4v) is 2.51. The van der Waals surface area contributed by atoms with E-state index < -0.39 is 5.82 Å². The van der Waals surface area contributed by atoms with Gasteiger partial charge in [0.1, 0.15) is 11.6 Å². The van der Waals surface area contributed by atoms with Crippen molar-refractivity contribution < 1.29 is 4.39 Å². The summed E-state index contributed by atoms with van der Waals surface area (Å²) in [5.74, 6) is 0.161. The monoisotopic (exact) mass is 265 g/mol. The van der Waals surface area contributed by atoms with Crippen LogP contribution in [0.3, 0.4) is 0 Å². The van der Waals surface area contributed by atoms with Gasteiger partial charge in [-0.25, -0.2) is 9.07 Å². The predicted molar refractivity (Wildman–Crippen MR) is 69.6 cm³/mol. The third-order valence-corrected chi connectivity index (χ3v) is 3.65. The minimum atomic E-state index is -0.456. The van der Waals surface area contributed by atoms with E-state index in [4.69, 9.17) is 17.3 Å². The topological polar surface area (TPSA) is 43.8 Å². The van der Waals surface area contributed by atoms with Gasteiger partial charge in [-0.1, -0.05) is 11.6 Å². The van der Waals surface area contributed by atoms with E-state index in [1.165, 1.54) is 12.1 Å². The molecule has 0 aliphatic heterocycles. The molecule has 1 aromatic heterocycles. The molecule has 0 saturated carbocycles. The Bertz CT molecular complexity index is 607. The average molecular weight is 266 g/mol. The van der Waals surface area contributed by atoms with E-state index in [1.54, 1.807) is 10.7 Å². The van der Waals surface area contributed by atoms with Crippen LogP contribution in [0.15, 0.2) is 18.2 Å². The number of anilines is 1. The summed E-state index contributed by atoms with van der Waals surface area (Å²) in [6, 6.07) is 4.60. The second kappa shape index (κ2) is 4.28. The Kier molecular flexibility index (Phi) is 2.74. The minimum absolute atomic E-state index is 0.106. The lowest BCUT2D eigenvalue weighted by atomic mass is 9.98. The number of nitrogens with zero attached hydrogens (tertiary/aromatic N) is 2. The molecule has 0 spiro atoms. The van der Waals surface area contributed by atoms with Crippen molar-refractivity contribution in [1.82, 2.24) is 9.78 Å². The summed E-state index contributed by atoms with van der Waals surface area (Å²) in [5.41, 5.74) is 8.85. The van der Waals surface area contributed by atoms with Crippen LogP contribution in [-0.2, 0) is 12.8 Å². The second-order valence-electron chi connectivity index (χ2n) is 4.53. The van der Waals surface area contributed by atoms with Crippen molar-refractivity contribution >= 4 is 17.4 Å². The maximum Gasteiger partial charge on any atom is 0.143 e. The lowest BCUT2D eigenvalue weighted by Gasteiger charge is -2.08. The SMILES string of the molecule is Nc1c2c(nn1-c1ccc(Cl)c(F)c1)CCCC2. The molecule has 5 heteroatoms. The molecule has 0 bridgehead atoms. The van der Waals surface area contributed by atoms with Crippen LogP contribution in [-0.4, -0.2) is 9.78 Å². The van der Waals surface area contributed by atoms with Gasteiger partial charge in [-0.2, -0.15) is 5.10 Å². The normalized spacial score (nSPS) is 14.6. The first-order valence-corrected chi connectivity index (χ1v) is 6.36. The highest BCUT2D eigenvalue weighted by Gasteiger charge is 2.19. The number of rotatable bonds is 1. The minimum Gasteiger partial charge on any atom is -0.383 e. The molecule has 0 atom stereocenters. The summed E-state index contributed by atoms with van der Waals surface area (Å²) >= 11 is 5.67. The number of nitrogens with two attached hydrogens (primary N) is 1. The number of aryl methyl sites for hydroxylation is 1. The number of hydrogen-bond donors (Lipinski definition) is 1. The predicted octanol–water partition coefficient (Wildman–Crippen LogP) is 3.13. The van der Waals surface area contributed by atoms with E-state index in [0.29, 0.717) is 11.5 Å². The molecule has 1 aromatic carbocycles. The molecule has 3 rings (SSSR count). The molecular weight excluding hydrogens is 253 g/mol. The zero-order valence-corrected chi connectivity index (χ0v) is 10.5. The first kappa shape index (κ1) is 11.5. The molecule has 1 aliphatic rings. The number of nitrogen functional groups attached to an aromatic ring is 1. The Morgan fingerprint density at radius 3 is 2.78 bits per heavy atom. The van der Waals surface area contributed by atoms with Crippen molar-refractivity contribution in [1.29, 1.82) is 0 Å². The van der Waals surface area contributed by atoms with E-state index in [2.05, 4.69) is 5.10 Å². The third kappa shape index (κ3) is 1.77. The van der Waals surface area contributed by atoms with Crippen LogP contribution in [0.5, 0.6) is 0 Å². The van der Waals surface area contributed by atoms with Crippen LogP contribution in [0.25, 0.3) is 5.69 Å². The molecule has 1 heterocycles. The Balaban J connectivity index is 2.11. The van der Waals surface area contributed by atoms with Gasteiger partial charge in [0, 0.05) is 11.6 Å². The first-order valence-electron chi connectivity index (χ1n) is 5.98. The van der Waals surface area contributed by atoms with Crippen LogP contribution in [0.2, 0.25) is 5.02 Å². The Labute approximate surface area is 109 Å². The van der Waals surface area contributed by atoms with Crippen molar-refractivity contribution in [2.24, 2.45) is 0 Å². The van der Waals surface area contributed by atoms with Crippen LogP contribution < -0.4 is 5.73 Å². The van der Waals surface area contributed by atoms with Crippen LogP contribution in [0.4, 0.5) is 10.2 Å². The molecule has 3 nitrogen and oxygen atoms in total. The maximum absolute atomic E-state index is 13.5. The van der Waals surface area contributed by atoms with E-state index in [1.807, 2.05) is 0 Å². The quantitative estimate of drug-likeness (QED) is 0.861. The summed E-state index contributed by atoms with van der Waals surface area (Å²) in [6.45, 7) is 0. The largest absolute Gasteiger partial charge is 0.383 e. The van der Waals surface area contributed by atoms with Gasteiger partial charge in [0.05, 0.1) is 16.4 Å². The maximum atomic E-state index is 13.5. The lowest BCUT2D eigenvalue weighted by Crippen LogP contribution is -2.04. The summed E-state index contributed by atoms with van der Waals surface area (Å²) in [4.78, 5) is 0. The second-order valence-corrected chi connectivity index (χ2v) is 4.94. The molecule has 0 saturated heterocycles. The van der Waals surface area contributed by atoms with Gasteiger partial charge in [0.15, 0.2) is 0 Å². The summed E-state index contributed by atoms with van der Waals surface area (Å²) in [5, 5.41) is 4.58. The smallest absolute Gasteiger partial charge is 0.143 e. The number of fused-ring (bicyclic) bond motifs is 1. The highest BCUT2D eigenvalue weighted by molar-refractivity contribution is 6.30. The Morgan fingerprint density at radius 1 is 1.28 bits per heavy atom. The molecule has 0 unspecified atom stereocenters. The van der Waals surface area contributed by atoms with Crippen LogP contribution in [0.1, 0.15) is 24.1 Å². The van der Waals surface area contributed by atoms with Crippen LogP contribution >= 0.6 is 11.6 Å². The Morgan fingerprint density at radius 2 is 2.06 bits per heavy atom. The highest BCUT2D eigenvalue weighted by atomic mass is 35.5. The molecule has 0 radical (unpaired) electrons. The van der Waals surface area contributed by atoms with Crippen LogP contribution in [0, 0.1) is 5.82 Å². The standard InChI is InChI=1S/C13H13ClFN3/c14-10-6-5-8(7-11(10)15)18-13(16)9-3-1-2-4-12(9)17-18/h5-7H,1-4,16H2. The van der Waals surface area contributed by atoms with Gasteiger partial charge in [0.2, 0.25) is 0 Å². The van der Waals surface area contributed by atoms with Crippen molar-refractivity contribution in [3.05, 3.63) is 40.3 Å². The lowest BCUT2D eigenvalue weighted by molar-refractivity contribution is 0.625. The van der Waals surface area contributed by atoms with Gasteiger partial charge in [-0.3, -0.25) is 0 Å². The van der Waals surface area contributed by atoms with E-state index in [0.717, 1.165) is 36.9 Å². The van der Waals surface area contributed by atoms with E-state index in [-0.39, 0.29) is 5.02 Å². The van der Waals surface area contributed by atoms with E-state index in [9.17, 15) is 4.39 Å². The molecule has 18 heavy (non-hydrogen) atoms. The van der Waals surface area contributed by atoms with Crippen molar-refractivity contribution in [2.45, 2.75) is 25.7 Å². The molecular formula is C13H13ClFN3. The number of hydrogen-bond acceptors (Lipinski definition) is 2. The zero-order chi connectivity index (χ0) is 12.7. The summed E-state index contributed by atoms with van der Waals surface area (Å²) < 4.78 is 15.1. The Hall–Kier alpha value is -1.55. The molecule has 0 fully saturated rings. The zero-order valence-electron chi connectivity index (χ0n) is 9.79. The van der Waals surface area contributed by atoms with Crippen molar-refractivity contribution in [3.8, 4) is 5.69 Å². The van der Waals surface area contributed by atoms with Crippen molar-refractivity contribution in [2.75, 3.05) is 5.73 Å². The number of halogens is 2.